The summed E-state index contributed by atoms with van der Waals surface area (Å²) >= 11 is 1.67. The Kier molecular flexibility index (Phi) is 8.20. The molecule has 0 amide bonds. The molecule has 4 nitrogen and oxygen atoms in total. The molecule has 0 fully saturated rings. The summed E-state index contributed by atoms with van der Waals surface area (Å²) in [5.41, 5.74) is 2.79. The molecule has 0 spiro atoms. The molecule has 0 saturated heterocycles. The zero-order chi connectivity index (χ0) is 39.8. The number of halogens is 6. The molecule has 282 valence electrons. The second kappa shape index (κ2) is 13.4. The first-order valence-corrected chi connectivity index (χ1v) is 19.0. The van der Waals surface area contributed by atoms with Crippen molar-refractivity contribution in [1.82, 2.24) is 19.5 Å². The van der Waals surface area contributed by atoms with Gasteiger partial charge in [0.25, 0.3) is 0 Å². The number of hydrogen-bond acceptors (Lipinski definition) is 4. The molecule has 0 unspecified atom stereocenters. The number of aromatic nitrogens is 4. The number of rotatable bonds is 5. The first kappa shape index (κ1) is 35.6. The maximum atomic E-state index is 14.1. The fourth-order valence-electron chi connectivity index (χ4n) is 7.62. The smallest absolute Gasteiger partial charge is 0.309 e. The lowest BCUT2D eigenvalue weighted by Gasteiger charge is -2.17. The van der Waals surface area contributed by atoms with Crippen LogP contribution in [0.5, 0.6) is 0 Å². The van der Waals surface area contributed by atoms with E-state index in [-0.39, 0.29) is 27.6 Å². The number of benzene rings is 7. The second-order valence-electron chi connectivity index (χ2n) is 13.8. The normalized spacial score (nSPS) is 12.3. The van der Waals surface area contributed by atoms with Crippen molar-refractivity contribution in [2.75, 3.05) is 0 Å². The molecular formula is C47H26F6N4S. The van der Waals surface area contributed by atoms with Gasteiger partial charge in [0, 0.05) is 47.6 Å². The molecule has 10 rings (SSSR count). The number of thiophene rings is 1. The molecular weight excluding hydrogens is 767 g/mol. The first-order chi connectivity index (χ1) is 28.0. The minimum Gasteiger partial charge on any atom is -0.309 e. The Hall–Kier alpha value is -6.85. The molecule has 10 aromatic rings. The number of hydrogen-bond donors (Lipinski definition) is 0. The highest BCUT2D eigenvalue weighted by molar-refractivity contribution is 7.26. The predicted molar refractivity (Wildman–Crippen MR) is 219 cm³/mol. The van der Waals surface area contributed by atoms with Gasteiger partial charge < -0.3 is 4.57 Å². The summed E-state index contributed by atoms with van der Waals surface area (Å²) in [5.74, 6) is 1.04. The van der Waals surface area contributed by atoms with E-state index in [0.717, 1.165) is 66.7 Å². The van der Waals surface area contributed by atoms with Crippen molar-refractivity contribution in [2.24, 2.45) is 0 Å². The van der Waals surface area contributed by atoms with Crippen molar-refractivity contribution in [2.45, 2.75) is 12.4 Å². The van der Waals surface area contributed by atoms with Crippen LogP contribution in [0.3, 0.4) is 0 Å². The van der Waals surface area contributed by atoms with Gasteiger partial charge in [0.2, 0.25) is 0 Å². The minimum atomic E-state index is -4.72. The van der Waals surface area contributed by atoms with E-state index in [1.807, 2.05) is 103 Å². The predicted octanol–water partition coefficient (Wildman–Crippen LogP) is 14.0. The van der Waals surface area contributed by atoms with E-state index in [9.17, 15) is 26.3 Å². The van der Waals surface area contributed by atoms with Gasteiger partial charge in [-0.3, -0.25) is 0 Å². The lowest BCUT2D eigenvalue weighted by atomic mass is 9.99. The summed E-state index contributed by atoms with van der Waals surface area (Å²) < 4.78 is 88.7. The van der Waals surface area contributed by atoms with Crippen molar-refractivity contribution in [3.05, 3.63) is 169 Å². The molecule has 0 N–H and O–H groups in total. The molecule has 11 heteroatoms. The largest absolute Gasteiger partial charge is 0.416 e. The van der Waals surface area contributed by atoms with Crippen molar-refractivity contribution in [3.63, 3.8) is 0 Å². The Labute approximate surface area is 330 Å². The average molecular weight is 793 g/mol. The zero-order valence-electron chi connectivity index (χ0n) is 30.0. The Morgan fingerprint density at radius 2 is 0.948 bits per heavy atom. The highest BCUT2D eigenvalue weighted by Gasteiger charge is 2.34. The summed E-state index contributed by atoms with van der Waals surface area (Å²) in [5, 5.41) is 2.25. The Morgan fingerprint density at radius 1 is 0.414 bits per heavy atom. The summed E-state index contributed by atoms with van der Waals surface area (Å²) in [7, 11) is 0. The van der Waals surface area contributed by atoms with Crippen LogP contribution in [0.1, 0.15) is 11.1 Å². The van der Waals surface area contributed by atoms with Crippen molar-refractivity contribution in [1.29, 1.82) is 0 Å². The number of fused-ring (bicyclic) bond motifs is 6. The molecule has 0 atom stereocenters. The standard InChI is InChI=1S/C47H26F6N4S/c48-46(49,50)30-19-22-38-35(25-30)36-26-31(47(51,52)53)20-23-39(36)57(38)40-21-18-29(32-15-9-16-34-33-14-7-8-17-41(33)58-42(32)34)24-37(40)45-55-43(27-10-3-1-4-11-27)54-44(56-45)28-12-5-2-6-13-28/h1-26H. The van der Waals surface area contributed by atoms with Crippen LogP contribution in [0.4, 0.5) is 26.3 Å². The van der Waals surface area contributed by atoms with Crippen LogP contribution in [0.2, 0.25) is 0 Å². The van der Waals surface area contributed by atoms with Gasteiger partial charge in [0.05, 0.1) is 27.8 Å². The van der Waals surface area contributed by atoms with E-state index >= 15 is 0 Å². The SMILES string of the molecule is FC(F)(F)c1ccc2c(c1)c1cc(C(F)(F)F)ccc1n2-c1ccc(-c2cccc3c2sc2ccccc23)cc1-c1nc(-c2ccccc2)nc(-c2ccccc2)n1. The molecule has 58 heavy (non-hydrogen) atoms. The molecule has 0 radical (unpaired) electrons. The molecule has 0 aliphatic rings. The summed E-state index contributed by atoms with van der Waals surface area (Å²) in [6.45, 7) is 0. The van der Waals surface area contributed by atoms with Crippen LogP contribution in [0.15, 0.2) is 158 Å². The summed E-state index contributed by atoms with van der Waals surface area (Å²) in [6, 6.07) is 45.1. The maximum absolute atomic E-state index is 14.1. The average Bonchev–Trinajstić information content (AvgIpc) is 3.78. The third kappa shape index (κ3) is 6.06. The van der Waals surface area contributed by atoms with Gasteiger partial charge >= 0.3 is 12.4 Å². The van der Waals surface area contributed by atoms with E-state index in [1.54, 1.807) is 15.9 Å². The topological polar surface area (TPSA) is 43.6 Å². The molecule has 0 saturated carbocycles. The van der Waals surface area contributed by atoms with Crippen LogP contribution in [-0.2, 0) is 12.4 Å². The molecule has 0 bridgehead atoms. The van der Waals surface area contributed by atoms with E-state index in [2.05, 4.69) is 18.2 Å². The third-order valence-electron chi connectivity index (χ3n) is 10.3. The summed E-state index contributed by atoms with van der Waals surface area (Å²) in [4.78, 5) is 14.9. The Morgan fingerprint density at radius 3 is 1.53 bits per heavy atom. The van der Waals surface area contributed by atoms with Crippen LogP contribution in [-0.4, -0.2) is 19.5 Å². The minimum absolute atomic E-state index is 0.0200. The zero-order valence-corrected chi connectivity index (χ0v) is 30.8. The van der Waals surface area contributed by atoms with Crippen LogP contribution in [0, 0.1) is 0 Å². The fourth-order valence-corrected chi connectivity index (χ4v) is 8.85. The first-order valence-electron chi connectivity index (χ1n) is 18.2. The fraction of sp³-hybridized carbons (Fsp3) is 0.0426. The van der Waals surface area contributed by atoms with E-state index in [4.69, 9.17) is 15.0 Å². The maximum Gasteiger partial charge on any atom is 0.416 e. The molecule has 3 aromatic heterocycles. The van der Waals surface area contributed by atoms with Crippen molar-refractivity contribution in [3.8, 4) is 51.0 Å². The van der Waals surface area contributed by atoms with Crippen molar-refractivity contribution >= 4 is 53.3 Å². The molecule has 7 aromatic carbocycles. The van der Waals surface area contributed by atoms with Crippen molar-refractivity contribution < 1.29 is 26.3 Å². The van der Waals surface area contributed by atoms with E-state index < -0.39 is 23.5 Å². The lowest BCUT2D eigenvalue weighted by Crippen LogP contribution is -2.05. The van der Waals surface area contributed by atoms with Gasteiger partial charge in [-0.2, -0.15) is 26.3 Å². The monoisotopic (exact) mass is 792 g/mol. The second-order valence-corrected chi connectivity index (χ2v) is 14.9. The highest BCUT2D eigenvalue weighted by atomic mass is 32.1. The molecule has 0 aliphatic heterocycles. The Balaban J connectivity index is 1.30. The van der Waals surface area contributed by atoms with E-state index in [1.165, 1.54) is 12.1 Å². The van der Waals surface area contributed by atoms with Crippen LogP contribution >= 0.6 is 11.3 Å². The Bertz CT molecular complexity index is 3080. The van der Waals surface area contributed by atoms with Gasteiger partial charge in [-0.25, -0.2) is 15.0 Å². The quantitative estimate of drug-likeness (QED) is 0.163. The third-order valence-corrected chi connectivity index (χ3v) is 11.5. The van der Waals surface area contributed by atoms with Crippen LogP contribution < -0.4 is 0 Å². The van der Waals surface area contributed by atoms with Gasteiger partial charge in [0.15, 0.2) is 17.5 Å². The van der Waals surface area contributed by atoms with Crippen LogP contribution in [0.25, 0.3) is 93.0 Å². The number of alkyl halides is 6. The lowest BCUT2D eigenvalue weighted by molar-refractivity contribution is -0.138. The van der Waals surface area contributed by atoms with E-state index in [0.29, 0.717) is 22.9 Å². The molecule has 0 aliphatic carbocycles. The molecule has 3 heterocycles. The number of nitrogens with zero attached hydrogens (tertiary/aromatic N) is 4. The van der Waals surface area contributed by atoms with Gasteiger partial charge in [-0.05, 0) is 65.7 Å². The van der Waals surface area contributed by atoms with Gasteiger partial charge in [0.1, 0.15) is 0 Å². The summed E-state index contributed by atoms with van der Waals surface area (Å²) in [6.07, 6.45) is -9.45. The van der Waals surface area contributed by atoms with Gasteiger partial charge in [-0.1, -0.05) is 103 Å². The highest BCUT2D eigenvalue weighted by Crippen LogP contribution is 2.44. The van der Waals surface area contributed by atoms with Gasteiger partial charge in [-0.15, -0.1) is 11.3 Å².